The molecule has 4 nitrogen and oxygen atoms in total. The van der Waals surface area contributed by atoms with E-state index in [-0.39, 0.29) is 11.2 Å². The van der Waals surface area contributed by atoms with E-state index >= 15 is 0 Å². The van der Waals surface area contributed by atoms with Crippen LogP contribution in [0.1, 0.15) is 50.0 Å². The van der Waals surface area contributed by atoms with Crippen LogP contribution in [0.15, 0.2) is 11.4 Å². The van der Waals surface area contributed by atoms with Crippen molar-refractivity contribution in [3.8, 4) is 0 Å². The van der Waals surface area contributed by atoms with Crippen LogP contribution in [-0.2, 0) is 22.4 Å². The fourth-order valence-corrected chi connectivity index (χ4v) is 5.22. The van der Waals surface area contributed by atoms with E-state index in [9.17, 15) is 4.79 Å². The van der Waals surface area contributed by atoms with Crippen molar-refractivity contribution in [2.75, 3.05) is 6.61 Å². The van der Waals surface area contributed by atoms with Gasteiger partial charge in [-0.25, -0.2) is 9.97 Å². The highest BCUT2D eigenvalue weighted by Crippen LogP contribution is 2.40. The Morgan fingerprint density at radius 2 is 2.17 bits per heavy atom. The van der Waals surface area contributed by atoms with Crippen molar-refractivity contribution >= 4 is 39.3 Å². The molecule has 23 heavy (non-hydrogen) atoms. The molecular weight excluding hydrogens is 328 g/mol. The van der Waals surface area contributed by atoms with E-state index in [0.29, 0.717) is 6.61 Å². The number of esters is 1. The maximum Gasteiger partial charge on any atom is 0.319 e. The summed E-state index contributed by atoms with van der Waals surface area (Å²) in [5.41, 5.74) is 1.41. The molecule has 3 rings (SSSR count). The Balaban J connectivity index is 1.90. The third-order valence-electron chi connectivity index (χ3n) is 4.05. The number of aryl methyl sites for hydroxylation is 2. The van der Waals surface area contributed by atoms with Gasteiger partial charge in [0.25, 0.3) is 0 Å². The van der Waals surface area contributed by atoms with Gasteiger partial charge in [-0.15, -0.1) is 11.3 Å². The Hall–Kier alpha value is -1.14. The van der Waals surface area contributed by atoms with E-state index < -0.39 is 0 Å². The SMILES string of the molecule is CCCOC(=O)[C@@H](CC)Sc1ncnc2sc3c(c12)CCCC3. The lowest BCUT2D eigenvalue weighted by molar-refractivity contribution is -0.143. The summed E-state index contributed by atoms with van der Waals surface area (Å²) < 4.78 is 5.32. The second-order valence-electron chi connectivity index (χ2n) is 5.75. The number of hydrogen-bond donors (Lipinski definition) is 0. The summed E-state index contributed by atoms with van der Waals surface area (Å²) in [5.74, 6) is -0.129. The highest BCUT2D eigenvalue weighted by molar-refractivity contribution is 8.00. The average molecular weight is 351 g/mol. The van der Waals surface area contributed by atoms with Gasteiger partial charge in [0.05, 0.1) is 6.61 Å². The van der Waals surface area contributed by atoms with Crippen LogP contribution in [0.5, 0.6) is 0 Å². The van der Waals surface area contributed by atoms with Gasteiger partial charge >= 0.3 is 5.97 Å². The second-order valence-corrected chi connectivity index (χ2v) is 8.03. The molecular formula is C17H22N2O2S2. The molecule has 0 saturated carbocycles. The standard InChI is InChI=1S/C17H22N2O2S2/c1-3-9-21-17(20)12(4-2)22-15-14-11-7-5-6-8-13(11)23-16(14)19-10-18-15/h10,12H,3-9H2,1-2H3/t12-/m1/s1. The lowest BCUT2D eigenvalue weighted by Crippen LogP contribution is -2.20. The van der Waals surface area contributed by atoms with Gasteiger partial charge in [-0.3, -0.25) is 4.79 Å². The number of thiophene rings is 1. The van der Waals surface area contributed by atoms with Gasteiger partial charge in [-0.2, -0.15) is 0 Å². The minimum Gasteiger partial charge on any atom is -0.465 e. The third kappa shape index (κ3) is 3.53. The molecule has 2 aromatic heterocycles. The molecule has 2 heterocycles. The Morgan fingerprint density at radius 1 is 1.35 bits per heavy atom. The maximum atomic E-state index is 12.2. The molecule has 1 aliphatic rings. The van der Waals surface area contributed by atoms with E-state index in [1.807, 2.05) is 13.8 Å². The predicted octanol–water partition coefficient (Wildman–Crippen LogP) is 4.39. The van der Waals surface area contributed by atoms with Crippen LogP contribution in [0.4, 0.5) is 0 Å². The van der Waals surface area contributed by atoms with Crippen molar-refractivity contribution in [1.29, 1.82) is 0 Å². The molecule has 0 amide bonds. The van der Waals surface area contributed by atoms with Crippen molar-refractivity contribution in [3.63, 3.8) is 0 Å². The fourth-order valence-electron chi connectivity index (χ4n) is 2.88. The third-order valence-corrected chi connectivity index (χ3v) is 6.60. The topological polar surface area (TPSA) is 52.1 Å². The average Bonchev–Trinajstić information content (AvgIpc) is 2.96. The monoisotopic (exact) mass is 350 g/mol. The fraction of sp³-hybridized carbons (Fsp3) is 0.588. The highest BCUT2D eigenvalue weighted by Gasteiger charge is 2.25. The Morgan fingerprint density at radius 3 is 2.96 bits per heavy atom. The Kier molecular flexibility index (Phi) is 5.54. The normalized spacial score (nSPS) is 15.4. The highest BCUT2D eigenvalue weighted by atomic mass is 32.2. The minimum absolute atomic E-state index is 0.129. The smallest absolute Gasteiger partial charge is 0.319 e. The van der Waals surface area contributed by atoms with Crippen molar-refractivity contribution in [2.24, 2.45) is 0 Å². The summed E-state index contributed by atoms with van der Waals surface area (Å²) >= 11 is 3.33. The number of carbonyl (C=O) groups excluding carboxylic acids is 1. The van der Waals surface area contributed by atoms with Gasteiger partial charge in [0.15, 0.2) is 0 Å². The van der Waals surface area contributed by atoms with Crippen LogP contribution >= 0.6 is 23.1 Å². The Bertz CT molecular complexity index is 699. The van der Waals surface area contributed by atoms with Gasteiger partial charge in [0.1, 0.15) is 21.4 Å². The van der Waals surface area contributed by atoms with Gasteiger partial charge in [-0.05, 0) is 44.1 Å². The van der Waals surface area contributed by atoms with Crippen LogP contribution in [0, 0.1) is 0 Å². The van der Waals surface area contributed by atoms with E-state index in [1.54, 1.807) is 17.7 Å². The van der Waals surface area contributed by atoms with Crippen LogP contribution in [-0.4, -0.2) is 27.8 Å². The molecule has 0 N–H and O–H groups in total. The predicted molar refractivity (Wildman–Crippen MR) is 95.2 cm³/mol. The van der Waals surface area contributed by atoms with Gasteiger partial charge in [0, 0.05) is 10.3 Å². The van der Waals surface area contributed by atoms with Crippen LogP contribution < -0.4 is 0 Å². The van der Waals surface area contributed by atoms with Crippen molar-refractivity contribution in [1.82, 2.24) is 9.97 Å². The molecule has 1 aliphatic carbocycles. The summed E-state index contributed by atoms with van der Waals surface area (Å²) in [5, 5.41) is 1.92. The molecule has 124 valence electrons. The summed E-state index contributed by atoms with van der Waals surface area (Å²) in [6.45, 7) is 4.52. The first-order valence-electron chi connectivity index (χ1n) is 8.33. The molecule has 6 heteroatoms. The number of aromatic nitrogens is 2. The Labute approximate surface area is 145 Å². The molecule has 2 aromatic rings. The van der Waals surface area contributed by atoms with Gasteiger partial charge in [0.2, 0.25) is 0 Å². The molecule has 0 bridgehead atoms. The number of fused-ring (bicyclic) bond motifs is 3. The number of nitrogens with zero attached hydrogens (tertiary/aromatic N) is 2. The summed E-state index contributed by atoms with van der Waals surface area (Å²) in [4.78, 5) is 23.7. The molecule has 1 atom stereocenters. The van der Waals surface area contributed by atoms with Crippen LogP contribution in [0.3, 0.4) is 0 Å². The number of carbonyl (C=O) groups is 1. The van der Waals surface area contributed by atoms with E-state index in [1.165, 1.54) is 40.4 Å². The quantitative estimate of drug-likeness (QED) is 0.439. The number of thioether (sulfide) groups is 1. The molecule has 0 unspecified atom stereocenters. The van der Waals surface area contributed by atoms with E-state index in [4.69, 9.17) is 4.74 Å². The van der Waals surface area contributed by atoms with Gasteiger partial charge in [-0.1, -0.05) is 25.6 Å². The maximum absolute atomic E-state index is 12.2. The van der Waals surface area contributed by atoms with E-state index in [2.05, 4.69) is 9.97 Å². The van der Waals surface area contributed by atoms with Crippen molar-refractivity contribution < 1.29 is 9.53 Å². The zero-order valence-corrected chi connectivity index (χ0v) is 15.3. The molecule has 0 saturated heterocycles. The van der Waals surface area contributed by atoms with Crippen molar-refractivity contribution in [2.45, 2.75) is 62.6 Å². The molecule has 0 radical (unpaired) electrons. The zero-order valence-electron chi connectivity index (χ0n) is 13.6. The van der Waals surface area contributed by atoms with Crippen LogP contribution in [0.25, 0.3) is 10.2 Å². The number of hydrogen-bond acceptors (Lipinski definition) is 6. The van der Waals surface area contributed by atoms with E-state index in [0.717, 1.165) is 35.5 Å². The van der Waals surface area contributed by atoms with Crippen molar-refractivity contribution in [3.05, 3.63) is 16.8 Å². The van der Waals surface area contributed by atoms with Crippen LogP contribution in [0.2, 0.25) is 0 Å². The largest absolute Gasteiger partial charge is 0.465 e. The number of rotatable bonds is 6. The first-order chi connectivity index (χ1) is 11.2. The van der Waals surface area contributed by atoms with Gasteiger partial charge < -0.3 is 4.74 Å². The molecule has 0 fully saturated rings. The molecule has 0 spiro atoms. The lowest BCUT2D eigenvalue weighted by atomic mass is 9.97. The summed E-state index contributed by atoms with van der Waals surface area (Å²) in [7, 11) is 0. The first kappa shape index (κ1) is 16.7. The zero-order chi connectivity index (χ0) is 16.2. The number of ether oxygens (including phenoxy) is 1. The molecule has 0 aromatic carbocycles. The summed E-state index contributed by atoms with van der Waals surface area (Å²) in [6, 6.07) is 0. The first-order valence-corrected chi connectivity index (χ1v) is 10.0. The lowest BCUT2D eigenvalue weighted by Gasteiger charge is -2.15. The second kappa shape index (κ2) is 7.62. The minimum atomic E-state index is -0.196. The molecule has 0 aliphatic heterocycles. The summed E-state index contributed by atoms with van der Waals surface area (Å²) in [6.07, 6.45) is 7.96.